The lowest BCUT2D eigenvalue weighted by Crippen LogP contribution is -2.26. The molecule has 0 bridgehead atoms. The van der Waals surface area contributed by atoms with Crippen LogP contribution in [0.5, 0.6) is 5.75 Å². The number of nitro benzene ring substituents is 1. The van der Waals surface area contributed by atoms with Gasteiger partial charge in [-0.15, -0.1) is 11.8 Å². The summed E-state index contributed by atoms with van der Waals surface area (Å²) in [4.78, 5) is 25.7. The summed E-state index contributed by atoms with van der Waals surface area (Å²) in [6, 6.07) is 12.1. The average molecular weight is 346 g/mol. The molecule has 0 N–H and O–H groups in total. The van der Waals surface area contributed by atoms with Gasteiger partial charge in [-0.1, -0.05) is 12.1 Å². The van der Waals surface area contributed by atoms with Crippen LogP contribution in [0, 0.1) is 10.1 Å². The van der Waals surface area contributed by atoms with Crippen LogP contribution in [0.25, 0.3) is 0 Å². The average Bonchev–Trinajstić information content (AvgIpc) is 2.61. The molecular weight excluding hydrogens is 328 g/mol. The first-order valence-corrected chi connectivity index (χ1v) is 8.39. The molecule has 0 saturated carbocycles. The van der Waals surface area contributed by atoms with Crippen molar-refractivity contribution in [3.05, 3.63) is 63.7 Å². The fourth-order valence-electron chi connectivity index (χ4n) is 2.26. The van der Waals surface area contributed by atoms with Gasteiger partial charge in [-0.25, -0.2) is 0 Å². The minimum atomic E-state index is -0.559. The molecule has 2 aromatic carbocycles. The van der Waals surface area contributed by atoms with Crippen LogP contribution in [0.1, 0.15) is 15.9 Å². The summed E-state index contributed by atoms with van der Waals surface area (Å²) in [5, 5.41) is 11.1. The molecule has 0 spiro atoms. The van der Waals surface area contributed by atoms with E-state index in [4.69, 9.17) is 4.74 Å². The van der Waals surface area contributed by atoms with E-state index in [1.807, 2.05) is 30.5 Å². The first kappa shape index (κ1) is 17.8. The van der Waals surface area contributed by atoms with Crippen LogP contribution in [0.2, 0.25) is 0 Å². The van der Waals surface area contributed by atoms with Gasteiger partial charge in [-0.2, -0.15) is 0 Å². The Kier molecular flexibility index (Phi) is 5.81. The molecule has 2 rings (SSSR count). The molecular formula is C17H18N2O4S. The molecule has 0 aromatic heterocycles. The normalized spacial score (nSPS) is 10.3. The van der Waals surface area contributed by atoms with Gasteiger partial charge >= 0.3 is 5.69 Å². The van der Waals surface area contributed by atoms with Gasteiger partial charge in [-0.05, 0) is 36.1 Å². The third-order valence-electron chi connectivity index (χ3n) is 3.55. The Morgan fingerprint density at radius 2 is 1.92 bits per heavy atom. The lowest BCUT2D eigenvalue weighted by Gasteiger charge is -2.17. The predicted molar refractivity (Wildman–Crippen MR) is 93.7 cm³/mol. The molecule has 0 saturated heterocycles. The predicted octanol–water partition coefficient (Wildman–Crippen LogP) is 3.60. The van der Waals surface area contributed by atoms with Crippen molar-refractivity contribution in [1.29, 1.82) is 0 Å². The molecule has 0 fully saturated rings. The Labute approximate surface area is 144 Å². The van der Waals surface area contributed by atoms with Crippen molar-refractivity contribution in [2.75, 3.05) is 20.4 Å². The second-order valence-electron chi connectivity index (χ2n) is 5.15. The largest absolute Gasteiger partial charge is 0.490 e. The molecule has 0 atom stereocenters. The van der Waals surface area contributed by atoms with Gasteiger partial charge in [0.1, 0.15) is 0 Å². The Balaban J connectivity index is 2.17. The molecule has 0 aliphatic carbocycles. The van der Waals surface area contributed by atoms with Crippen LogP contribution in [0.15, 0.2) is 47.4 Å². The van der Waals surface area contributed by atoms with Crippen molar-refractivity contribution in [2.24, 2.45) is 0 Å². The number of carbonyl (C=O) groups is 1. The lowest BCUT2D eigenvalue weighted by molar-refractivity contribution is -0.385. The zero-order chi connectivity index (χ0) is 17.7. The van der Waals surface area contributed by atoms with E-state index in [1.54, 1.807) is 18.8 Å². The number of thioether (sulfide) groups is 1. The second-order valence-corrected chi connectivity index (χ2v) is 6.03. The summed E-state index contributed by atoms with van der Waals surface area (Å²) in [6.07, 6.45) is 2.00. The van der Waals surface area contributed by atoms with Crippen molar-refractivity contribution in [3.63, 3.8) is 0 Å². The minimum absolute atomic E-state index is 0.131. The highest BCUT2D eigenvalue weighted by atomic mass is 32.2. The summed E-state index contributed by atoms with van der Waals surface area (Å²) in [5.41, 5.74) is 1.03. The number of nitro groups is 1. The molecule has 7 heteroatoms. The number of ether oxygens (including phenoxy) is 1. The van der Waals surface area contributed by atoms with Crippen LogP contribution in [-0.2, 0) is 6.54 Å². The van der Waals surface area contributed by atoms with E-state index in [-0.39, 0.29) is 22.9 Å². The molecule has 0 aliphatic rings. The monoisotopic (exact) mass is 346 g/mol. The summed E-state index contributed by atoms with van der Waals surface area (Å²) in [7, 11) is 3.02. The zero-order valence-electron chi connectivity index (χ0n) is 13.7. The van der Waals surface area contributed by atoms with Gasteiger partial charge in [0.2, 0.25) is 0 Å². The topological polar surface area (TPSA) is 72.7 Å². The smallest absolute Gasteiger partial charge is 0.311 e. The number of carbonyl (C=O) groups excluding carboxylic acids is 1. The molecule has 0 heterocycles. The van der Waals surface area contributed by atoms with Crippen LogP contribution in [-0.4, -0.2) is 36.1 Å². The zero-order valence-corrected chi connectivity index (χ0v) is 14.5. The minimum Gasteiger partial charge on any atom is -0.490 e. The second kappa shape index (κ2) is 7.83. The lowest BCUT2D eigenvalue weighted by atomic mass is 10.1. The standard InChI is InChI=1S/C17H18N2O4S/c1-18(11-12-4-7-14(24-3)8-5-12)17(20)13-6-9-16(23-2)15(10-13)19(21)22/h4-10H,11H2,1-3H3. The maximum atomic E-state index is 12.5. The Bertz CT molecular complexity index is 747. The van der Waals surface area contributed by atoms with Gasteiger partial charge < -0.3 is 9.64 Å². The third-order valence-corrected chi connectivity index (χ3v) is 4.29. The number of benzene rings is 2. The molecule has 0 radical (unpaired) electrons. The summed E-state index contributed by atoms with van der Waals surface area (Å²) in [6.45, 7) is 0.424. The molecule has 1 amide bonds. The van der Waals surface area contributed by atoms with Crippen LogP contribution < -0.4 is 4.74 Å². The van der Waals surface area contributed by atoms with Crippen molar-refractivity contribution < 1.29 is 14.5 Å². The number of nitrogens with zero attached hydrogens (tertiary/aromatic N) is 2. The van der Waals surface area contributed by atoms with Gasteiger partial charge in [0, 0.05) is 30.1 Å². The molecule has 6 nitrogen and oxygen atoms in total. The fraction of sp³-hybridized carbons (Fsp3) is 0.235. The highest BCUT2D eigenvalue weighted by Gasteiger charge is 2.20. The maximum Gasteiger partial charge on any atom is 0.311 e. The van der Waals surface area contributed by atoms with Crippen LogP contribution >= 0.6 is 11.8 Å². The summed E-state index contributed by atoms with van der Waals surface area (Å²) in [5.74, 6) is -0.151. The first-order valence-electron chi connectivity index (χ1n) is 7.17. The number of amides is 1. The number of hydrogen-bond donors (Lipinski definition) is 0. The number of methoxy groups -OCH3 is 1. The van der Waals surface area contributed by atoms with E-state index < -0.39 is 4.92 Å². The van der Waals surface area contributed by atoms with Gasteiger partial charge in [0.05, 0.1) is 12.0 Å². The maximum absolute atomic E-state index is 12.5. The molecule has 0 unspecified atom stereocenters. The molecule has 24 heavy (non-hydrogen) atoms. The quantitative estimate of drug-likeness (QED) is 0.454. The summed E-state index contributed by atoms with van der Waals surface area (Å²) < 4.78 is 4.95. The Morgan fingerprint density at radius 3 is 2.46 bits per heavy atom. The Morgan fingerprint density at radius 1 is 1.25 bits per heavy atom. The summed E-state index contributed by atoms with van der Waals surface area (Å²) >= 11 is 1.65. The van der Waals surface area contributed by atoms with E-state index in [0.717, 1.165) is 10.5 Å². The van der Waals surface area contributed by atoms with Crippen molar-refractivity contribution in [3.8, 4) is 5.75 Å². The third kappa shape index (κ3) is 4.05. The molecule has 2 aromatic rings. The van der Waals surface area contributed by atoms with Crippen LogP contribution in [0.4, 0.5) is 5.69 Å². The Hall–Kier alpha value is -2.54. The van der Waals surface area contributed by atoms with E-state index in [9.17, 15) is 14.9 Å². The number of hydrogen-bond acceptors (Lipinski definition) is 5. The highest BCUT2D eigenvalue weighted by Crippen LogP contribution is 2.28. The van der Waals surface area contributed by atoms with E-state index in [2.05, 4.69) is 0 Å². The molecule has 126 valence electrons. The molecule has 0 aliphatic heterocycles. The fourth-order valence-corrected chi connectivity index (χ4v) is 2.67. The van der Waals surface area contributed by atoms with Crippen molar-refractivity contribution in [2.45, 2.75) is 11.4 Å². The van der Waals surface area contributed by atoms with Gasteiger partial charge in [0.15, 0.2) is 5.75 Å². The van der Waals surface area contributed by atoms with E-state index in [1.165, 1.54) is 30.2 Å². The van der Waals surface area contributed by atoms with Crippen molar-refractivity contribution >= 4 is 23.4 Å². The van der Waals surface area contributed by atoms with Gasteiger partial charge in [-0.3, -0.25) is 14.9 Å². The van der Waals surface area contributed by atoms with E-state index in [0.29, 0.717) is 6.54 Å². The van der Waals surface area contributed by atoms with Gasteiger partial charge in [0.25, 0.3) is 5.91 Å². The first-order chi connectivity index (χ1) is 11.5. The van der Waals surface area contributed by atoms with Crippen molar-refractivity contribution in [1.82, 2.24) is 4.90 Å². The SMILES string of the molecule is COc1ccc(C(=O)N(C)Cc2ccc(SC)cc2)cc1[N+](=O)[O-]. The highest BCUT2D eigenvalue weighted by molar-refractivity contribution is 7.98. The number of rotatable bonds is 6. The van der Waals surface area contributed by atoms with Crippen LogP contribution in [0.3, 0.4) is 0 Å². The van der Waals surface area contributed by atoms with E-state index >= 15 is 0 Å².